The lowest BCUT2D eigenvalue weighted by molar-refractivity contribution is 0.0497. The molecule has 5 heteroatoms. The smallest absolute Gasteiger partial charge is 0.338 e. The van der Waals surface area contributed by atoms with E-state index in [9.17, 15) is 14.0 Å². The third kappa shape index (κ3) is 5.99. The van der Waals surface area contributed by atoms with Crippen LogP contribution in [0, 0.1) is 5.82 Å². The quantitative estimate of drug-likeness (QED) is 0.495. The molecule has 0 bridgehead atoms. The van der Waals surface area contributed by atoms with Crippen molar-refractivity contribution < 1.29 is 18.7 Å². The number of rotatable bonds is 9. The van der Waals surface area contributed by atoms with Crippen molar-refractivity contribution in [2.75, 3.05) is 11.9 Å². The van der Waals surface area contributed by atoms with Crippen LogP contribution in [0.3, 0.4) is 0 Å². The fourth-order valence-electron chi connectivity index (χ4n) is 2.47. The zero-order chi connectivity index (χ0) is 18.8. The molecule has 1 amide bonds. The van der Waals surface area contributed by atoms with E-state index in [0.717, 1.165) is 19.3 Å². The van der Waals surface area contributed by atoms with Crippen LogP contribution >= 0.6 is 0 Å². The van der Waals surface area contributed by atoms with Gasteiger partial charge in [0.25, 0.3) is 5.91 Å². The number of carbonyl (C=O) groups is 2. The van der Waals surface area contributed by atoms with E-state index in [1.807, 2.05) is 0 Å². The standard InChI is InChI=1S/C21H24FNO3/c1-2-3-4-5-8-15-26-21(25)17-13-11-16(12-14-17)20(24)23-19-10-7-6-9-18(19)22/h6-7,9-14H,2-5,8,15H2,1H3,(H,23,24). The van der Waals surface area contributed by atoms with E-state index in [0.29, 0.717) is 17.7 Å². The van der Waals surface area contributed by atoms with Crippen LogP contribution in [0.15, 0.2) is 48.5 Å². The number of hydrogen-bond donors (Lipinski definition) is 1. The molecule has 0 saturated heterocycles. The monoisotopic (exact) mass is 357 g/mol. The highest BCUT2D eigenvalue weighted by atomic mass is 19.1. The second-order valence-electron chi connectivity index (χ2n) is 6.06. The summed E-state index contributed by atoms with van der Waals surface area (Å²) < 4.78 is 18.8. The molecule has 2 rings (SSSR count). The van der Waals surface area contributed by atoms with Crippen molar-refractivity contribution in [1.82, 2.24) is 0 Å². The van der Waals surface area contributed by atoms with E-state index in [-0.39, 0.29) is 5.69 Å². The average Bonchev–Trinajstić information content (AvgIpc) is 2.66. The fraction of sp³-hybridized carbons (Fsp3) is 0.333. The molecule has 0 aromatic heterocycles. The Morgan fingerprint density at radius 1 is 0.923 bits per heavy atom. The number of benzene rings is 2. The van der Waals surface area contributed by atoms with Gasteiger partial charge in [0.15, 0.2) is 0 Å². The van der Waals surface area contributed by atoms with Gasteiger partial charge in [0, 0.05) is 5.56 Å². The third-order valence-electron chi connectivity index (χ3n) is 3.99. The molecular weight excluding hydrogens is 333 g/mol. The molecule has 0 atom stereocenters. The van der Waals surface area contributed by atoms with Crippen molar-refractivity contribution in [1.29, 1.82) is 0 Å². The van der Waals surface area contributed by atoms with Gasteiger partial charge in [0.1, 0.15) is 5.82 Å². The van der Waals surface area contributed by atoms with Crippen LogP contribution in [-0.4, -0.2) is 18.5 Å². The van der Waals surface area contributed by atoms with Crippen LogP contribution in [0.25, 0.3) is 0 Å². The Bertz CT molecular complexity index is 728. The molecule has 0 aliphatic heterocycles. The molecule has 2 aromatic rings. The molecule has 0 heterocycles. The van der Waals surface area contributed by atoms with Crippen LogP contribution in [0.5, 0.6) is 0 Å². The van der Waals surface area contributed by atoms with Gasteiger partial charge in [-0.25, -0.2) is 9.18 Å². The third-order valence-corrected chi connectivity index (χ3v) is 3.99. The second kappa shape index (κ2) is 10.3. The number of esters is 1. The SMILES string of the molecule is CCCCCCCOC(=O)c1ccc(C(=O)Nc2ccccc2F)cc1. The summed E-state index contributed by atoms with van der Waals surface area (Å²) in [6, 6.07) is 12.1. The van der Waals surface area contributed by atoms with Crippen LogP contribution < -0.4 is 5.32 Å². The number of hydrogen-bond acceptors (Lipinski definition) is 3. The lowest BCUT2D eigenvalue weighted by Gasteiger charge is -2.07. The number of carbonyl (C=O) groups excluding carboxylic acids is 2. The first-order valence-electron chi connectivity index (χ1n) is 8.95. The molecule has 0 saturated carbocycles. The maximum Gasteiger partial charge on any atom is 0.338 e. The Morgan fingerprint density at radius 2 is 1.58 bits per heavy atom. The lowest BCUT2D eigenvalue weighted by Crippen LogP contribution is -2.13. The summed E-state index contributed by atoms with van der Waals surface area (Å²) in [4.78, 5) is 24.1. The molecule has 2 aromatic carbocycles. The summed E-state index contributed by atoms with van der Waals surface area (Å²) in [7, 11) is 0. The molecule has 26 heavy (non-hydrogen) atoms. The first-order chi connectivity index (χ1) is 12.6. The molecule has 0 aliphatic rings. The van der Waals surface area contributed by atoms with Crippen LogP contribution in [-0.2, 0) is 4.74 Å². The van der Waals surface area contributed by atoms with Gasteiger partial charge in [0.2, 0.25) is 0 Å². The number of halogens is 1. The minimum absolute atomic E-state index is 0.115. The number of unbranched alkanes of at least 4 members (excludes halogenated alkanes) is 4. The molecule has 138 valence electrons. The molecule has 0 fully saturated rings. The summed E-state index contributed by atoms with van der Waals surface area (Å²) in [5.41, 5.74) is 0.842. The molecule has 0 spiro atoms. The highest BCUT2D eigenvalue weighted by molar-refractivity contribution is 6.04. The summed E-state index contributed by atoms with van der Waals surface area (Å²) in [6.45, 7) is 2.55. The van der Waals surface area contributed by atoms with Gasteiger partial charge in [-0.15, -0.1) is 0 Å². The Hall–Kier alpha value is -2.69. The van der Waals surface area contributed by atoms with Gasteiger partial charge >= 0.3 is 5.97 Å². The van der Waals surface area contributed by atoms with Crippen molar-refractivity contribution in [2.24, 2.45) is 0 Å². The van der Waals surface area contributed by atoms with E-state index in [2.05, 4.69) is 12.2 Å². The maximum atomic E-state index is 13.6. The van der Waals surface area contributed by atoms with E-state index < -0.39 is 17.7 Å². The van der Waals surface area contributed by atoms with Gasteiger partial charge in [-0.1, -0.05) is 44.7 Å². The Labute approximate surface area is 153 Å². The van der Waals surface area contributed by atoms with Crippen molar-refractivity contribution in [3.05, 3.63) is 65.5 Å². The van der Waals surface area contributed by atoms with Gasteiger partial charge < -0.3 is 10.1 Å². The number of anilines is 1. The first-order valence-corrected chi connectivity index (χ1v) is 8.95. The molecule has 1 N–H and O–H groups in total. The molecule has 4 nitrogen and oxygen atoms in total. The van der Waals surface area contributed by atoms with Crippen LogP contribution in [0.2, 0.25) is 0 Å². The van der Waals surface area contributed by atoms with E-state index in [4.69, 9.17) is 4.74 Å². The maximum absolute atomic E-state index is 13.6. The van der Waals surface area contributed by atoms with Gasteiger partial charge in [-0.05, 0) is 42.8 Å². The lowest BCUT2D eigenvalue weighted by atomic mass is 10.1. The number of nitrogens with one attached hydrogen (secondary N) is 1. The van der Waals surface area contributed by atoms with Gasteiger partial charge in [0.05, 0.1) is 17.9 Å². The molecule has 0 unspecified atom stereocenters. The number of para-hydroxylation sites is 1. The predicted molar refractivity (Wildman–Crippen MR) is 99.8 cm³/mol. The van der Waals surface area contributed by atoms with Gasteiger partial charge in [-0.2, -0.15) is 0 Å². The van der Waals surface area contributed by atoms with Crippen molar-refractivity contribution in [3.8, 4) is 0 Å². The highest BCUT2D eigenvalue weighted by Crippen LogP contribution is 2.15. The van der Waals surface area contributed by atoms with Crippen molar-refractivity contribution in [3.63, 3.8) is 0 Å². The predicted octanol–water partition coefficient (Wildman–Crippen LogP) is 5.21. The van der Waals surface area contributed by atoms with Crippen LogP contribution in [0.4, 0.5) is 10.1 Å². The fourth-order valence-corrected chi connectivity index (χ4v) is 2.47. The Balaban J connectivity index is 1.84. The Kier molecular flexibility index (Phi) is 7.80. The topological polar surface area (TPSA) is 55.4 Å². The van der Waals surface area contributed by atoms with E-state index in [1.165, 1.54) is 49.2 Å². The first kappa shape index (κ1) is 19.6. The van der Waals surface area contributed by atoms with E-state index in [1.54, 1.807) is 12.1 Å². The largest absolute Gasteiger partial charge is 0.462 e. The summed E-state index contributed by atoms with van der Waals surface area (Å²) in [6.07, 6.45) is 5.44. The molecule has 0 radical (unpaired) electrons. The summed E-state index contributed by atoms with van der Waals surface area (Å²) in [5, 5.41) is 2.50. The minimum Gasteiger partial charge on any atom is -0.462 e. The van der Waals surface area contributed by atoms with Crippen molar-refractivity contribution >= 4 is 17.6 Å². The molecular formula is C21H24FNO3. The zero-order valence-electron chi connectivity index (χ0n) is 15.0. The second-order valence-corrected chi connectivity index (χ2v) is 6.06. The van der Waals surface area contributed by atoms with E-state index >= 15 is 0 Å². The number of ether oxygens (including phenoxy) is 1. The van der Waals surface area contributed by atoms with Gasteiger partial charge in [-0.3, -0.25) is 4.79 Å². The van der Waals surface area contributed by atoms with Crippen molar-refractivity contribution in [2.45, 2.75) is 39.0 Å². The summed E-state index contributed by atoms with van der Waals surface area (Å²) in [5.74, 6) is -1.34. The molecule has 0 aliphatic carbocycles. The normalized spacial score (nSPS) is 10.4. The summed E-state index contributed by atoms with van der Waals surface area (Å²) >= 11 is 0. The highest BCUT2D eigenvalue weighted by Gasteiger charge is 2.11. The van der Waals surface area contributed by atoms with Crippen LogP contribution in [0.1, 0.15) is 59.7 Å². The average molecular weight is 357 g/mol. The minimum atomic E-state index is -0.500. The Morgan fingerprint density at radius 3 is 2.27 bits per heavy atom. The number of amides is 1. The zero-order valence-corrected chi connectivity index (χ0v) is 15.0.